The summed E-state index contributed by atoms with van der Waals surface area (Å²) < 4.78 is 37.2. The zero-order valence-electron chi connectivity index (χ0n) is 33.8. The van der Waals surface area contributed by atoms with Gasteiger partial charge in [0.05, 0.1) is 30.2 Å². The van der Waals surface area contributed by atoms with E-state index in [4.69, 9.17) is 23.9 Å². The number of likely N-dealkylation sites (tertiary alicyclic amines) is 2. The number of carbonyl (C=O) groups is 2. The van der Waals surface area contributed by atoms with Gasteiger partial charge < -0.3 is 29.6 Å². The van der Waals surface area contributed by atoms with Crippen LogP contribution in [0.2, 0.25) is 0 Å². The Labute approximate surface area is 352 Å². The first kappa shape index (κ1) is 38.9. The molecule has 314 valence electrons. The number of benzene rings is 1. The molecule has 1 aromatic carbocycles. The van der Waals surface area contributed by atoms with E-state index in [1.807, 2.05) is 24.3 Å². The van der Waals surface area contributed by atoms with Gasteiger partial charge in [-0.05, 0) is 79.8 Å². The Hall–Kier alpha value is -6.26. The lowest BCUT2D eigenvalue weighted by Gasteiger charge is -2.47. The molecule has 16 heteroatoms. The van der Waals surface area contributed by atoms with E-state index in [2.05, 4.69) is 54.5 Å². The molecule has 4 aliphatic heterocycles. The van der Waals surface area contributed by atoms with Gasteiger partial charge in [0.25, 0.3) is 0 Å². The third kappa shape index (κ3) is 8.16. The number of ether oxygens (including phenoxy) is 4. The molecule has 1 saturated carbocycles. The number of halogens is 1. The molecule has 2 unspecified atom stereocenters. The molecular weight excluding hydrogens is 782 g/mol. The molecule has 8 heterocycles. The molecule has 4 aromatic heterocycles. The van der Waals surface area contributed by atoms with Crippen LogP contribution in [0.5, 0.6) is 23.0 Å². The van der Waals surface area contributed by atoms with Crippen LogP contribution in [0.4, 0.5) is 15.8 Å². The Morgan fingerprint density at radius 2 is 1.44 bits per heavy atom. The molecule has 15 nitrogen and oxygen atoms in total. The van der Waals surface area contributed by atoms with Crippen molar-refractivity contribution in [1.29, 1.82) is 0 Å². The van der Waals surface area contributed by atoms with Gasteiger partial charge in [0.2, 0.25) is 25.4 Å². The summed E-state index contributed by atoms with van der Waals surface area (Å²) >= 11 is 0. The number of rotatable bonds is 12. The fourth-order valence-electron chi connectivity index (χ4n) is 9.28. The highest BCUT2D eigenvalue weighted by molar-refractivity contribution is 5.96. The fourth-order valence-corrected chi connectivity index (χ4v) is 9.28. The number of carbonyl (C=O) groups excluding carboxylic acids is 2. The summed E-state index contributed by atoms with van der Waals surface area (Å²) in [6, 6.07) is 14.3. The zero-order chi connectivity index (χ0) is 41.5. The molecule has 0 radical (unpaired) electrons. The minimum absolute atomic E-state index is 0.0537. The summed E-state index contributed by atoms with van der Waals surface area (Å²) in [5, 5.41) is 6.12. The van der Waals surface area contributed by atoms with Crippen molar-refractivity contribution in [3.8, 4) is 34.4 Å². The second kappa shape index (κ2) is 16.3. The summed E-state index contributed by atoms with van der Waals surface area (Å²) in [6.07, 6.45) is 11.6. The van der Waals surface area contributed by atoms with Crippen molar-refractivity contribution < 1.29 is 32.9 Å². The Bertz CT molecular complexity index is 2440. The number of amides is 2. The van der Waals surface area contributed by atoms with Crippen LogP contribution in [0.25, 0.3) is 11.4 Å². The highest BCUT2D eigenvalue weighted by Crippen LogP contribution is 2.43. The van der Waals surface area contributed by atoms with E-state index in [0.717, 1.165) is 35.5 Å². The highest BCUT2D eigenvalue weighted by atomic mass is 19.1. The van der Waals surface area contributed by atoms with Crippen molar-refractivity contribution >= 4 is 23.2 Å². The van der Waals surface area contributed by atoms with Crippen molar-refractivity contribution in [2.24, 2.45) is 5.41 Å². The number of alkyl halides is 1. The van der Waals surface area contributed by atoms with Crippen molar-refractivity contribution in [3.05, 3.63) is 102 Å². The van der Waals surface area contributed by atoms with Gasteiger partial charge in [-0.1, -0.05) is 19.1 Å². The third-order valence-corrected chi connectivity index (χ3v) is 12.4. The minimum atomic E-state index is -1.16. The second-order valence-corrected chi connectivity index (χ2v) is 16.8. The molecule has 10 rings (SSSR count). The number of hydrogen-bond acceptors (Lipinski definition) is 13. The largest absolute Gasteiger partial charge is 0.453 e. The molecular formula is C45H46FN9O6. The Morgan fingerprint density at radius 1 is 0.787 bits per heavy atom. The van der Waals surface area contributed by atoms with Gasteiger partial charge in [-0.2, -0.15) is 0 Å². The maximum absolute atomic E-state index is 14.7. The van der Waals surface area contributed by atoms with Crippen LogP contribution in [0.15, 0.2) is 79.5 Å². The predicted molar refractivity (Wildman–Crippen MR) is 221 cm³/mol. The minimum Gasteiger partial charge on any atom is -0.453 e. The number of pyridine rings is 3. The van der Waals surface area contributed by atoms with E-state index >= 15 is 0 Å². The van der Waals surface area contributed by atoms with Gasteiger partial charge in [-0.15, -0.1) is 0 Å². The van der Waals surface area contributed by atoms with Crippen molar-refractivity contribution in [2.45, 2.75) is 82.7 Å². The first-order valence-electron chi connectivity index (χ1n) is 20.8. The predicted octanol–water partition coefficient (Wildman–Crippen LogP) is 6.07. The molecule has 0 spiro atoms. The number of fused-ring (bicyclic) bond motifs is 2. The van der Waals surface area contributed by atoms with E-state index in [-0.39, 0.29) is 44.9 Å². The molecule has 2 amide bonds. The molecule has 5 aromatic rings. The topological polar surface area (TPSA) is 166 Å². The van der Waals surface area contributed by atoms with E-state index < -0.39 is 23.7 Å². The molecule has 3 fully saturated rings. The van der Waals surface area contributed by atoms with Crippen LogP contribution in [-0.4, -0.2) is 91.5 Å². The average molecular weight is 828 g/mol. The smallest absolute Gasteiger partial charge is 0.242 e. The number of aromatic nitrogens is 5. The SMILES string of the molecule is CC1(Cc2cc(-c3ncc(NC(=O)[C@H]4C[C@H](F)CN4Cc4nccc5c4OCO5)cn3)ccn2)CCCN(Cc2nccc3c2OCO3)C1C(=O)Nc1ccc(C2CC2)cc1. The first-order valence-corrected chi connectivity index (χ1v) is 20.8. The van der Waals surface area contributed by atoms with Crippen LogP contribution in [-0.2, 0) is 29.1 Å². The highest BCUT2D eigenvalue weighted by Gasteiger charge is 2.46. The van der Waals surface area contributed by atoms with E-state index in [0.29, 0.717) is 65.6 Å². The van der Waals surface area contributed by atoms with E-state index in [1.54, 1.807) is 48.0 Å². The number of nitrogens with one attached hydrogen (secondary N) is 2. The van der Waals surface area contributed by atoms with Crippen LogP contribution in [0, 0.1) is 5.41 Å². The number of piperidine rings is 1. The number of hydrogen-bond donors (Lipinski definition) is 2. The van der Waals surface area contributed by atoms with Crippen LogP contribution in [0.3, 0.4) is 0 Å². The quantitative estimate of drug-likeness (QED) is 0.149. The van der Waals surface area contributed by atoms with Gasteiger partial charge in [-0.25, -0.2) is 14.4 Å². The third-order valence-electron chi connectivity index (χ3n) is 12.4. The van der Waals surface area contributed by atoms with Crippen LogP contribution in [0.1, 0.15) is 67.6 Å². The first-order chi connectivity index (χ1) is 29.8. The van der Waals surface area contributed by atoms with E-state index in [9.17, 15) is 14.0 Å². The number of nitrogens with zero attached hydrogens (tertiary/aromatic N) is 7. The van der Waals surface area contributed by atoms with Gasteiger partial charge in [-0.3, -0.25) is 34.3 Å². The van der Waals surface area contributed by atoms with Crippen molar-refractivity contribution in [2.75, 3.05) is 37.3 Å². The van der Waals surface area contributed by atoms with Crippen LogP contribution >= 0.6 is 0 Å². The number of anilines is 2. The summed E-state index contributed by atoms with van der Waals surface area (Å²) in [5.74, 6) is 3.00. The summed E-state index contributed by atoms with van der Waals surface area (Å²) in [4.78, 5) is 55.0. The van der Waals surface area contributed by atoms with Crippen molar-refractivity contribution in [1.82, 2.24) is 34.7 Å². The Balaban J connectivity index is 0.848. The Morgan fingerprint density at radius 3 is 2.13 bits per heavy atom. The molecule has 2 N–H and O–H groups in total. The molecule has 61 heavy (non-hydrogen) atoms. The summed E-state index contributed by atoms with van der Waals surface area (Å²) in [6.45, 7) is 3.83. The van der Waals surface area contributed by atoms with Gasteiger partial charge in [0.1, 0.15) is 17.6 Å². The van der Waals surface area contributed by atoms with Gasteiger partial charge in [0.15, 0.2) is 28.8 Å². The second-order valence-electron chi connectivity index (χ2n) is 16.8. The monoisotopic (exact) mass is 827 g/mol. The maximum Gasteiger partial charge on any atom is 0.242 e. The van der Waals surface area contributed by atoms with Gasteiger partial charge in [0, 0.05) is 73.7 Å². The lowest BCUT2D eigenvalue weighted by atomic mass is 9.70. The molecule has 1 aliphatic carbocycles. The Kier molecular flexibility index (Phi) is 10.4. The van der Waals surface area contributed by atoms with Crippen molar-refractivity contribution in [3.63, 3.8) is 0 Å². The molecule has 0 bridgehead atoms. The lowest BCUT2D eigenvalue weighted by molar-refractivity contribution is -0.129. The molecule has 2 saturated heterocycles. The normalized spacial score (nSPS) is 23.2. The zero-order valence-corrected chi connectivity index (χ0v) is 33.8. The lowest BCUT2D eigenvalue weighted by Crippen LogP contribution is -2.57. The molecule has 4 atom stereocenters. The summed E-state index contributed by atoms with van der Waals surface area (Å²) in [7, 11) is 0. The van der Waals surface area contributed by atoms with Crippen LogP contribution < -0.4 is 29.6 Å². The van der Waals surface area contributed by atoms with Gasteiger partial charge >= 0.3 is 0 Å². The average Bonchev–Trinajstić information content (AvgIpc) is 3.59. The molecule has 5 aliphatic rings. The standard InChI is InChI=1S/C45H46FN9O6/c1-45(12-2-16-54(23-34-39-37(10-14-48-34)58-25-60-39)41(45)44(57)52-31-7-5-28(6-8-31)27-3-4-27)19-32-17-29(9-13-47-32)42-50-20-33(21-51-42)53-43(56)36-18-30(46)22-55(36)24-35-40-38(11-15-49-35)59-26-61-40/h5-11,13-15,17,20-21,27,30,36,41H,2-4,12,16,18-19,22-26H2,1H3,(H,52,57)(H,53,56)/t30-,36+,41?,45?/m0/s1. The fraction of sp³-hybridized carbons (Fsp3) is 0.400. The maximum atomic E-state index is 14.7. The van der Waals surface area contributed by atoms with E-state index in [1.165, 1.54) is 18.4 Å². The summed E-state index contributed by atoms with van der Waals surface area (Å²) in [5.41, 5.74) is 4.80.